The molecule has 2 aromatic carbocycles. The largest absolute Gasteiger partial charge is 0.322 e. The molecule has 0 bridgehead atoms. The third-order valence-electron chi connectivity index (χ3n) is 5.08. The van der Waals surface area contributed by atoms with Gasteiger partial charge in [-0.1, -0.05) is 47.6 Å². The molecule has 1 amide bonds. The normalized spacial score (nSPS) is 11.0. The van der Waals surface area contributed by atoms with Crippen LogP contribution in [0.1, 0.15) is 11.4 Å². The molecule has 4 rings (SSSR count). The number of carbonyl (C=O) groups excluding carboxylic acids is 1. The van der Waals surface area contributed by atoms with E-state index in [1.165, 1.54) is 16.3 Å². The van der Waals surface area contributed by atoms with E-state index in [0.29, 0.717) is 26.8 Å². The molecule has 0 saturated heterocycles. The zero-order valence-electron chi connectivity index (χ0n) is 18.2. The van der Waals surface area contributed by atoms with Crippen molar-refractivity contribution in [3.05, 3.63) is 88.0 Å². The monoisotopic (exact) mass is 479 g/mol. The number of amides is 1. The van der Waals surface area contributed by atoms with Gasteiger partial charge in [-0.05, 0) is 44.2 Å². The maximum absolute atomic E-state index is 12.9. The van der Waals surface area contributed by atoms with Gasteiger partial charge in [0.2, 0.25) is 5.91 Å². The molecular formula is C24H22ClN5O2S. The third-order valence-corrected chi connectivity index (χ3v) is 6.29. The summed E-state index contributed by atoms with van der Waals surface area (Å²) >= 11 is 7.26. The van der Waals surface area contributed by atoms with Crippen LogP contribution in [0.4, 0.5) is 5.69 Å². The number of hydrogen-bond donors (Lipinski definition) is 1. The summed E-state index contributed by atoms with van der Waals surface area (Å²) in [5.41, 5.74) is 3.43. The van der Waals surface area contributed by atoms with Gasteiger partial charge < -0.3 is 5.32 Å². The predicted octanol–water partition coefficient (Wildman–Crippen LogP) is 4.77. The number of hydrogen-bond acceptors (Lipinski definition) is 5. The van der Waals surface area contributed by atoms with Gasteiger partial charge >= 0.3 is 0 Å². The Morgan fingerprint density at radius 1 is 1.21 bits per heavy atom. The van der Waals surface area contributed by atoms with Crippen LogP contribution in [-0.2, 0) is 11.3 Å². The first-order valence-electron chi connectivity index (χ1n) is 10.2. The number of rotatable bonds is 7. The van der Waals surface area contributed by atoms with Crippen LogP contribution in [0.25, 0.3) is 16.6 Å². The molecule has 2 aromatic heterocycles. The van der Waals surface area contributed by atoms with Crippen LogP contribution in [0.2, 0.25) is 5.02 Å². The van der Waals surface area contributed by atoms with Crippen LogP contribution in [0.3, 0.4) is 0 Å². The molecular weight excluding hydrogens is 458 g/mol. The summed E-state index contributed by atoms with van der Waals surface area (Å²) in [6, 6.07) is 14.7. The highest BCUT2D eigenvalue weighted by atomic mass is 35.5. The molecule has 4 aromatic rings. The Labute approximate surface area is 200 Å². The van der Waals surface area contributed by atoms with Crippen molar-refractivity contribution in [3.8, 4) is 5.69 Å². The fraction of sp³-hybridized carbons (Fsp3) is 0.167. The molecule has 0 radical (unpaired) electrons. The minimum atomic E-state index is -0.218. The Bertz CT molecular complexity index is 1410. The maximum atomic E-state index is 12.9. The van der Waals surface area contributed by atoms with Crippen molar-refractivity contribution in [2.75, 3.05) is 11.1 Å². The lowest BCUT2D eigenvalue weighted by molar-refractivity contribution is -0.113. The number of nitrogens with one attached hydrogen (secondary N) is 1. The number of aromatic nitrogens is 4. The molecule has 0 unspecified atom stereocenters. The SMILES string of the molecule is C=CCn1c(SCC(=O)Nc2c(C)nn(-c3ccccc3)c2C)nc2cc(Cl)ccc2c1=O. The molecule has 0 aliphatic rings. The summed E-state index contributed by atoms with van der Waals surface area (Å²) in [7, 11) is 0. The second-order valence-corrected chi connectivity index (χ2v) is 8.77. The van der Waals surface area contributed by atoms with Crippen molar-refractivity contribution < 1.29 is 4.79 Å². The minimum absolute atomic E-state index is 0.0745. The van der Waals surface area contributed by atoms with E-state index in [-0.39, 0.29) is 23.8 Å². The molecule has 0 spiro atoms. The second-order valence-electron chi connectivity index (χ2n) is 7.39. The number of carbonyl (C=O) groups is 1. The van der Waals surface area contributed by atoms with E-state index >= 15 is 0 Å². The molecule has 0 saturated carbocycles. The summed E-state index contributed by atoms with van der Waals surface area (Å²) < 4.78 is 3.31. The van der Waals surface area contributed by atoms with E-state index in [2.05, 4.69) is 22.0 Å². The molecule has 0 atom stereocenters. The lowest BCUT2D eigenvalue weighted by atomic mass is 10.2. The quantitative estimate of drug-likeness (QED) is 0.234. The number of allylic oxidation sites excluding steroid dienone is 1. The fourth-order valence-electron chi connectivity index (χ4n) is 3.52. The van der Waals surface area contributed by atoms with Gasteiger partial charge in [-0.3, -0.25) is 14.2 Å². The van der Waals surface area contributed by atoms with E-state index in [9.17, 15) is 9.59 Å². The minimum Gasteiger partial charge on any atom is -0.322 e. The smallest absolute Gasteiger partial charge is 0.262 e. The van der Waals surface area contributed by atoms with Crippen molar-refractivity contribution in [1.82, 2.24) is 19.3 Å². The maximum Gasteiger partial charge on any atom is 0.262 e. The van der Waals surface area contributed by atoms with E-state index in [1.54, 1.807) is 29.0 Å². The van der Waals surface area contributed by atoms with Gasteiger partial charge in [0.15, 0.2) is 5.16 Å². The average Bonchev–Trinajstić information content (AvgIpc) is 3.08. The highest BCUT2D eigenvalue weighted by Gasteiger charge is 2.17. The average molecular weight is 480 g/mol. The molecule has 7 nitrogen and oxygen atoms in total. The molecule has 2 heterocycles. The molecule has 9 heteroatoms. The van der Waals surface area contributed by atoms with Crippen LogP contribution in [0, 0.1) is 13.8 Å². The first-order chi connectivity index (χ1) is 15.9. The Morgan fingerprint density at radius 3 is 2.70 bits per heavy atom. The molecule has 0 fully saturated rings. The summed E-state index contributed by atoms with van der Waals surface area (Å²) in [6.07, 6.45) is 1.62. The number of anilines is 1. The second kappa shape index (κ2) is 9.64. The van der Waals surface area contributed by atoms with Crippen LogP contribution in [0.15, 0.2) is 71.1 Å². The predicted molar refractivity (Wildman–Crippen MR) is 134 cm³/mol. The summed E-state index contributed by atoms with van der Waals surface area (Å²) in [5.74, 6) is -0.144. The number of para-hydroxylation sites is 1. The molecule has 168 valence electrons. The number of benzene rings is 2. The first-order valence-corrected chi connectivity index (χ1v) is 11.6. The van der Waals surface area contributed by atoms with Crippen LogP contribution < -0.4 is 10.9 Å². The van der Waals surface area contributed by atoms with E-state index in [0.717, 1.165) is 17.1 Å². The van der Waals surface area contributed by atoms with E-state index in [4.69, 9.17) is 11.6 Å². The molecule has 0 aliphatic carbocycles. The van der Waals surface area contributed by atoms with Crippen LogP contribution >= 0.6 is 23.4 Å². The summed E-state index contributed by atoms with van der Waals surface area (Å²) in [5, 5.41) is 8.90. The Morgan fingerprint density at radius 2 is 1.97 bits per heavy atom. The highest BCUT2D eigenvalue weighted by Crippen LogP contribution is 2.24. The van der Waals surface area contributed by atoms with Crippen LogP contribution in [0.5, 0.6) is 0 Å². The van der Waals surface area contributed by atoms with Crippen molar-refractivity contribution in [2.45, 2.75) is 25.5 Å². The van der Waals surface area contributed by atoms with Gasteiger partial charge in [-0.15, -0.1) is 6.58 Å². The number of nitrogens with zero attached hydrogens (tertiary/aromatic N) is 4. The molecule has 1 N–H and O–H groups in total. The Hall–Kier alpha value is -3.36. The lowest BCUT2D eigenvalue weighted by Crippen LogP contribution is -2.24. The zero-order valence-corrected chi connectivity index (χ0v) is 19.8. The summed E-state index contributed by atoms with van der Waals surface area (Å²) in [4.78, 5) is 30.3. The number of thioether (sulfide) groups is 1. The molecule has 33 heavy (non-hydrogen) atoms. The van der Waals surface area contributed by atoms with Crippen molar-refractivity contribution in [1.29, 1.82) is 0 Å². The van der Waals surface area contributed by atoms with Crippen molar-refractivity contribution in [2.24, 2.45) is 0 Å². The topological polar surface area (TPSA) is 81.8 Å². The molecule has 0 aliphatic heterocycles. The fourth-order valence-corrected chi connectivity index (χ4v) is 4.50. The van der Waals surface area contributed by atoms with Crippen molar-refractivity contribution >= 4 is 45.9 Å². The van der Waals surface area contributed by atoms with Gasteiger partial charge in [0.1, 0.15) is 0 Å². The lowest BCUT2D eigenvalue weighted by Gasteiger charge is -2.12. The van der Waals surface area contributed by atoms with E-state index in [1.807, 2.05) is 44.2 Å². The van der Waals surface area contributed by atoms with Gasteiger partial charge in [-0.25, -0.2) is 9.67 Å². The summed E-state index contributed by atoms with van der Waals surface area (Å²) in [6.45, 7) is 7.77. The standard InChI is InChI=1S/C24H22ClN5O2S/c1-4-12-29-23(32)19-11-10-17(25)13-20(19)26-24(29)33-14-21(31)27-22-15(2)28-30(16(22)3)18-8-6-5-7-9-18/h4-11,13H,1,12,14H2,2-3H3,(H,27,31). The van der Waals surface area contributed by atoms with E-state index < -0.39 is 0 Å². The van der Waals surface area contributed by atoms with Gasteiger partial charge in [0, 0.05) is 11.6 Å². The zero-order chi connectivity index (χ0) is 23.5. The Balaban J connectivity index is 1.56. The van der Waals surface area contributed by atoms with Gasteiger partial charge in [-0.2, -0.15) is 5.10 Å². The number of halogens is 1. The van der Waals surface area contributed by atoms with Gasteiger partial charge in [0.25, 0.3) is 5.56 Å². The van der Waals surface area contributed by atoms with Crippen molar-refractivity contribution in [3.63, 3.8) is 0 Å². The number of aryl methyl sites for hydroxylation is 1. The van der Waals surface area contributed by atoms with Gasteiger partial charge in [0.05, 0.1) is 39.4 Å². The van der Waals surface area contributed by atoms with Crippen LogP contribution in [-0.4, -0.2) is 31.0 Å². The highest BCUT2D eigenvalue weighted by molar-refractivity contribution is 7.99. The Kier molecular flexibility index (Phi) is 6.67. The third kappa shape index (κ3) is 4.72. The first kappa shape index (κ1) is 22.8. The number of fused-ring (bicyclic) bond motifs is 1.